The Hall–Kier alpha value is -1.36. The molecule has 0 spiro atoms. The van der Waals surface area contributed by atoms with E-state index in [1.807, 2.05) is 27.7 Å². The molecule has 1 fully saturated rings. The molecule has 0 aliphatic heterocycles. The van der Waals surface area contributed by atoms with Gasteiger partial charge in [-0.3, -0.25) is 9.59 Å². The van der Waals surface area contributed by atoms with Crippen LogP contribution in [0.4, 0.5) is 5.00 Å². The van der Waals surface area contributed by atoms with Crippen molar-refractivity contribution in [1.29, 1.82) is 0 Å². The number of anilines is 1. The fourth-order valence-corrected chi connectivity index (χ4v) is 4.42. The molecule has 0 unspecified atom stereocenters. The minimum atomic E-state index is -0.119. The van der Waals surface area contributed by atoms with Crippen LogP contribution in [0.3, 0.4) is 0 Å². The summed E-state index contributed by atoms with van der Waals surface area (Å²) in [4.78, 5) is 26.2. The normalized spacial score (nSPS) is 18.8. The van der Waals surface area contributed by atoms with Crippen LogP contribution in [0.25, 0.3) is 0 Å². The smallest absolute Gasteiger partial charge is 0.254 e. The molecule has 5 heteroatoms. The SMILES string of the molecule is Cc1sc(NC(=O)C2C(C)(C)C2(C)C)c(C(=O)NC(C)C)c1C. The average Bonchev–Trinajstić information content (AvgIpc) is 2.61. The van der Waals surface area contributed by atoms with Gasteiger partial charge in [0.1, 0.15) is 5.00 Å². The fourth-order valence-electron chi connectivity index (χ4n) is 3.36. The minimum absolute atomic E-state index is 0.0137. The van der Waals surface area contributed by atoms with Crippen molar-refractivity contribution in [3.8, 4) is 0 Å². The van der Waals surface area contributed by atoms with Gasteiger partial charge in [-0.05, 0) is 44.1 Å². The largest absolute Gasteiger partial charge is 0.350 e. The van der Waals surface area contributed by atoms with E-state index < -0.39 is 0 Å². The molecule has 1 heterocycles. The molecule has 0 aromatic carbocycles. The summed E-state index contributed by atoms with van der Waals surface area (Å²) < 4.78 is 0. The topological polar surface area (TPSA) is 58.2 Å². The zero-order valence-corrected chi connectivity index (χ0v) is 16.2. The molecule has 23 heavy (non-hydrogen) atoms. The Morgan fingerprint density at radius 2 is 1.61 bits per heavy atom. The van der Waals surface area contributed by atoms with Gasteiger partial charge in [0.05, 0.1) is 5.56 Å². The van der Waals surface area contributed by atoms with Gasteiger partial charge in [0, 0.05) is 16.8 Å². The highest BCUT2D eigenvalue weighted by molar-refractivity contribution is 7.16. The van der Waals surface area contributed by atoms with Crippen molar-refractivity contribution in [1.82, 2.24) is 5.32 Å². The molecule has 1 aliphatic carbocycles. The van der Waals surface area contributed by atoms with Crippen LogP contribution in [-0.2, 0) is 4.79 Å². The lowest BCUT2D eigenvalue weighted by molar-refractivity contribution is -0.118. The Labute approximate surface area is 143 Å². The second-order valence-electron chi connectivity index (χ2n) is 7.98. The van der Waals surface area contributed by atoms with Crippen molar-refractivity contribution in [2.75, 3.05) is 5.32 Å². The maximum Gasteiger partial charge on any atom is 0.254 e. The standard InChI is InChI=1S/C18H28N2O2S/c1-9(2)19-14(21)12-10(3)11(4)23-16(12)20-15(22)13-17(5,6)18(13,7)8/h9,13H,1-8H3,(H,19,21)(H,20,22). The molecule has 2 N–H and O–H groups in total. The summed E-state index contributed by atoms with van der Waals surface area (Å²) in [5.74, 6) is -0.134. The van der Waals surface area contributed by atoms with Gasteiger partial charge in [-0.1, -0.05) is 27.7 Å². The predicted molar refractivity (Wildman–Crippen MR) is 96.1 cm³/mol. The van der Waals surface area contributed by atoms with Crippen LogP contribution in [-0.4, -0.2) is 17.9 Å². The van der Waals surface area contributed by atoms with Gasteiger partial charge in [0.2, 0.25) is 5.91 Å². The Balaban J connectivity index is 2.26. The highest BCUT2D eigenvalue weighted by Crippen LogP contribution is 2.68. The highest BCUT2D eigenvalue weighted by Gasteiger charge is 2.68. The first kappa shape index (κ1) is 18.0. The third kappa shape index (κ3) is 2.91. The zero-order chi connectivity index (χ0) is 17.7. The van der Waals surface area contributed by atoms with Gasteiger partial charge in [0.25, 0.3) is 5.91 Å². The molecule has 4 nitrogen and oxygen atoms in total. The van der Waals surface area contributed by atoms with Crippen molar-refractivity contribution in [3.63, 3.8) is 0 Å². The molecule has 0 atom stereocenters. The monoisotopic (exact) mass is 336 g/mol. The average molecular weight is 337 g/mol. The van der Waals surface area contributed by atoms with E-state index in [1.165, 1.54) is 11.3 Å². The fraction of sp³-hybridized carbons (Fsp3) is 0.667. The van der Waals surface area contributed by atoms with Gasteiger partial charge in [-0.25, -0.2) is 0 Å². The summed E-state index contributed by atoms with van der Waals surface area (Å²) in [7, 11) is 0. The van der Waals surface area contributed by atoms with E-state index in [0.29, 0.717) is 10.6 Å². The van der Waals surface area contributed by atoms with Crippen LogP contribution < -0.4 is 10.6 Å². The van der Waals surface area contributed by atoms with Crippen molar-refractivity contribution in [2.45, 2.75) is 61.4 Å². The number of aryl methyl sites for hydroxylation is 1. The summed E-state index contributed by atoms with van der Waals surface area (Å²) >= 11 is 1.48. The van der Waals surface area contributed by atoms with Gasteiger partial charge in [0.15, 0.2) is 0 Å². The molecule has 1 saturated carbocycles. The van der Waals surface area contributed by atoms with Crippen LogP contribution in [0.1, 0.15) is 62.3 Å². The third-order valence-electron chi connectivity index (χ3n) is 5.55. The maximum absolute atomic E-state index is 12.7. The molecule has 2 amide bonds. The van der Waals surface area contributed by atoms with Crippen LogP contribution in [0.15, 0.2) is 0 Å². The lowest BCUT2D eigenvalue weighted by atomic mass is 10.0. The molecule has 1 aliphatic rings. The zero-order valence-electron chi connectivity index (χ0n) is 15.4. The van der Waals surface area contributed by atoms with Crippen LogP contribution >= 0.6 is 11.3 Å². The molecule has 0 bridgehead atoms. The lowest BCUT2D eigenvalue weighted by Gasteiger charge is -2.11. The van der Waals surface area contributed by atoms with Crippen molar-refractivity contribution in [3.05, 3.63) is 16.0 Å². The van der Waals surface area contributed by atoms with E-state index in [0.717, 1.165) is 10.4 Å². The second kappa shape index (κ2) is 5.62. The molecular formula is C18H28N2O2S. The molecule has 128 valence electrons. The third-order valence-corrected chi connectivity index (χ3v) is 6.67. The first-order valence-electron chi connectivity index (χ1n) is 8.13. The number of rotatable bonds is 4. The van der Waals surface area contributed by atoms with E-state index in [1.54, 1.807) is 0 Å². The summed E-state index contributed by atoms with van der Waals surface area (Å²) in [6.07, 6.45) is 0. The van der Waals surface area contributed by atoms with Gasteiger partial charge >= 0.3 is 0 Å². The number of amides is 2. The number of nitrogens with one attached hydrogen (secondary N) is 2. The highest BCUT2D eigenvalue weighted by atomic mass is 32.1. The summed E-state index contributed by atoms with van der Waals surface area (Å²) in [5, 5.41) is 6.61. The van der Waals surface area contributed by atoms with E-state index in [2.05, 4.69) is 38.3 Å². The Kier molecular flexibility index (Phi) is 4.39. The molecule has 1 aromatic heterocycles. The second-order valence-corrected chi connectivity index (χ2v) is 9.21. The lowest BCUT2D eigenvalue weighted by Crippen LogP contribution is -2.31. The molecule has 0 saturated heterocycles. The van der Waals surface area contributed by atoms with Gasteiger partial charge in [-0.15, -0.1) is 11.3 Å². The van der Waals surface area contributed by atoms with Crippen LogP contribution in [0.5, 0.6) is 0 Å². The molecular weight excluding hydrogens is 308 g/mol. The van der Waals surface area contributed by atoms with Crippen molar-refractivity contribution < 1.29 is 9.59 Å². The molecule has 0 radical (unpaired) electrons. The molecule has 2 rings (SSSR count). The van der Waals surface area contributed by atoms with E-state index >= 15 is 0 Å². The van der Waals surface area contributed by atoms with E-state index in [9.17, 15) is 9.59 Å². The quantitative estimate of drug-likeness (QED) is 0.869. The Morgan fingerprint density at radius 1 is 1.09 bits per heavy atom. The van der Waals surface area contributed by atoms with E-state index in [4.69, 9.17) is 0 Å². The van der Waals surface area contributed by atoms with E-state index in [-0.39, 0.29) is 34.6 Å². The number of hydrogen-bond donors (Lipinski definition) is 2. The summed E-state index contributed by atoms with van der Waals surface area (Å²) in [5.41, 5.74) is 1.51. The van der Waals surface area contributed by atoms with Gasteiger partial charge in [-0.2, -0.15) is 0 Å². The predicted octanol–water partition coefficient (Wildman–Crippen LogP) is 4.12. The van der Waals surface area contributed by atoms with Crippen LogP contribution in [0, 0.1) is 30.6 Å². The minimum Gasteiger partial charge on any atom is -0.350 e. The Bertz CT molecular complexity index is 642. The summed E-state index contributed by atoms with van der Waals surface area (Å²) in [6, 6.07) is 0.0620. The number of hydrogen-bond acceptors (Lipinski definition) is 3. The number of thiophene rings is 1. The first-order chi connectivity index (χ1) is 10.4. The Morgan fingerprint density at radius 3 is 2.04 bits per heavy atom. The van der Waals surface area contributed by atoms with Crippen molar-refractivity contribution in [2.24, 2.45) is 16.7 Å². The maximum atomic E-state index is 12.7. The first-order valence-corrected chi connectivity index (χ1v) is 8.94. The van der Waals surface area contributed by atoms with Gasteiger partial charge < -0.3 is 10.6 Å². The van der Waals surface area contributed by atoms with Crippen molar-refractivity contribution >= 4 is 28.2 Å². The summed E-state index contributed by atoms with van der Waals surface area (Å²) in [6.45, 7) is 16.3. The van der Waals surface area contributed by atoms with Crippen LogP contribution in [0.2, 0.25) is 0 Å². The number of carbonyl (C=O) groups is 2. The number of carbonyl (C=O) groups excluding carboxylic acids is 2. The molecule has 1 aromatic rings.